The van der Waals surface area contributed by atoms with Crippen molar-refractivity contribution in [1.29, 1.82) is 0 Å². The molecule has 0 unspecified atom stereocenters. The van der Waals surface area contributed by atoms with Gasteiger partial charge in [0.05, 0.1) is 28.0 Å². The molecule has 4 aromatic rings. The Labute approximate surface area is 174 Å². The third-order valence-electron chi connectivity index (χ3n) is 4.32. The third kappa shape index (κ3) is 3.77. The van der Waals surface area contributed by atoms with Crippen molar-refractivity contribution in [2.75, 3.05) is 7.11 Å². The average molecular weight is 451 g/mol. The lowest BCUT2D eigenvalue weighted by atomic mass is 10.1. The van der Waals surface area contributed by atoms with Gasteiger partial charge in [0.25, 0.3) is 5.56 Å². The van der Waals surface area contributed by atoms with Gasteiger partial charge in [-0.15, -0.1) is 0 Å². The Balaban J connectivity index is 1.75. The van der Waals surface area contributed by atoms with E-state index in [4.69, 9.17) is 9.47 Å². The highest BCUT2D eigenvalue weighted by molar-refractivity contribution is 9.10. The number of aromatic nitrogens is 2. The Morgan fingerprint density at radius 1 is 1.03 bits per heavy atom. The summed E-state index contributed by atoms with van der Waals surface area (Å²) in [7, 11) is 1.47. The highest BCUT2D eigenvalue weighted by atomic mass is 79.9. The third-order valence-corrected chi connectivity index (χ3v) is 4.91. The number of para-hydroxylation sites is 1. The van der Waals surface area contributed by atoms with Crippen molar-refractivity contribution in [1.82, 2.24) is 9.97 Å². The summed E-state index contributed by atoms with van der Waals surface area (Å²) in [6, 6.07) is 19.1. The van der Waals surface area contributed by atoms with Gasteiger partial charge >= 0.3 is 5.97 Å². The molecule has 0 atom stereocenters. The maximum Gasteiger partial charge on any atom is 0.343 e. The van der Waals surface area contributed by atoms with Crippen molar-refractivity contribution >= 4 is 32.8 Å². The number of methoxy groups -OCH3 is 1. The summed E-state index contributed by atoms with van der Waals surface area (Å²) in [6.07, 6.45) is 0. The number of hydrogen-bond donors (Lipinski definition) is 1. The van der Waals surface area contributed by atoms with Gasteiger partial charge in [0.2, 0.25) is 0 Å². The topological polar surface area (TPSA) is 81.3 Å². The number of carbonyl (C=O) groups is 1. The van der Waals surface area contributed by atoms with Gasteiger partial charge in [0.1, 0.15) is 5.82 Å². The molecule has 7 heteroatoms. The van der Waals surface area contributed by atoms with Gasteiger partial charge in [-0.2, -0.15) is 0 Å². The zero-order valence-corrected chi connectivity index (χ0v) is 16.9. The van der Waals surface area contributed by atoms with Gasteiger partial charge in [-0.05, 0) is 52.3 Å². The minimum absolute atomic E-state index is 0.236. The van der Waals surface area contributed by atoms with Crippen LogP contribution in [0.4, 0.5) is 0 Å². The Morgan fingerprint density at radius 2 is 1.76 bits per heavy atom. The Hall–Kier alpha value is -3.45. The Kier molecular flexibility index (Phi) is 5.14. The van der Waals surface area contributed by atoms with Crippen LogP contribution >= 0.6 is 15.9 Å². The predicted octanol–water partition coefficient (Wildman–Crippen LogP) is 4.58. The fourth-order valence-electron chi connectivity index (χ4n) is 2.90. The van der Waals surface area contributed by atoms with E-state index in [-0.39, 0.29) is 11.3 Å². The van der Waals surface area contributed by atoms with Crippen LogP contribution in [0.5, 0.6) is 11.5 Å². The van der Waals surface area contributed by atoms with Crippen LogP contribution < -0.4 is 15.0 Å². The van der Waals surface area contributed by atoms with Crippen molar-refractivity contribution in [3.05, 3.63) is 87.1 Å². The van der Waals surface area contributed by atoms with E-state index in [9.17, 15) is 9.59 Å². The number of rotatable bonds is 4. The molecule has 4 rings (SSSR count). The number of benzene rings is 3. The van der Waals surface area contributed by atoms with E-state index in [1.807, 2.05) is 12.1 Å². The molecule has 0 bridgehead atoms. The molecule has 1 aromatic heterocycles. The number of hydrogen-bond acceptors (Lipinski definition) is 5. The average Bonchev–Trinajstić information content (AvgIpc) is 2.75. The molecule has 3 aromatic carbocycles. The Morgan fingerprint density at radius 3 is 2.52 bits per heavy atom. The second kappa shape index (κ2) is 7.89. The molecule has 0 radical (unpaired) electrons. The molecule has 0 spiro atoms. The molecule has 0 aliphatic rings. The molecule has 0 saturated carbocycles. The quantitative estimate of drug-likeness (QED) is 0.363. The molecule has 0 aliphatic carbocycles. The minimum atomic E-state index is -0.505. The SMILES string of the molecule is COc1cc(-c2nc3ccccc3c(=O)[nH]2)cc(Br)c1OC(=O)c1ccccc1. The van der Waals surface area contributed by atoms with Crippen LogP contribution in [0.3, 0.4) is 0 Å². The maximum absolute atomic E-state index is 12.4. The van der Waals surface area contributed by atoms with Crippen LogP contribution in [-0.2, 0) is 0 Å². The predicted molar refractivity (Wildman–Crippen MR) is 113 cm³/mol. The molecule has 0 saturated heterocycles. The molecule has 0 aliphatic heterocycles. The number of nitrogens with one attached hydrogen (secondary N) is 1. The van der Waals surface area contributed by atoms with Gasteiger partial charge in [-0.1, -0.05) is 30.3 Å². The Bertz CT molecular complexity index is 1270. The highest BCUT2D eigenvalue weighted by Crippen LogP contribution is 2.39. The van der Waals surface area contributed by atoms with Gasteiger partial charge in [-0.25, -0.2) is 9.78 Å². The molecule has 6 nitrogen and oxygen atoms in total. The zero-order valence-electron chi connectivity index (χ0n) is 15.3. The van der Waals surface area contributed by atoms with Crippen molar-refractivity contribution in [3.8, 4) is 22.9 Å². The maximum atomic E-state index is 12.4. The second-order valence-electron chi connectivity index (χ2n) is 6.18. The van der Waals surface area contributed by atoms with Crippen molar-refractivity contribution in [2.24, 2.45) is 0 Å². The number of carbonyl (C=O) groups excluding carboxylic acids is 1. The lowest BCUT2D eigenvalue weighted by Crippen LogP contribution is -2.11. The summed E-state index contributed by atoms with van der Waals surface area (Å²) in [5.41, 5.74) is 1.38. The summed E-state index contributed by atoms with van der Waals surface area (Å²) >= 11 is 3.43. The van der Waals surface area contributed by atoms with Gasteiger partial charge in [0, 0.05) is 5.56 Å². The van der Waals surface area contributed by atoms with E-state index in [0.29, 0.717) is 38.1 Å². The molecule has 1 N–H and O–H groups in total. The molecular formula is C22H15BrN2O4. The molecule has 1 heterocycles. The molecule has 0 fully saturated rings. The van der Waals surface area contributed by atoms with Crippen molar-refractivity contribution < 1.29 is 14.3 Å². The van der Waals surface area contributed by atoms with E-state index in [1.54, 1.807) is 54.6 Å². The number of nitrogens with zero attached hydrogens (tertiary/aromatic N) is 1. The molecule has 144 valence electrons. The van der Waals surface area contributed by atoms with Crippen molar-refractivity contribution in [2.45, 2.75) is 0 Å². The first-order valence-corrected chi connectivity index (χ1v) is 9.50. The van der Waals surface area contributed by atoms with Crippen LogP contribution in [0.15, 0.2) is 76.0 Å². The summed E-state index contributed by atoms with van der Waals surface area (Å²) in [4.78, 5) is 32.1. The van der Waals surface area contributed by atoms with Crippen LogP contribution in [0.25, 0.3) is 22.3 Å². The highest BCUT2D eigenvalue weighted by Gasteiger charge is 2.18. The zero-order chi connectivity index (χ0) is 20.4. The number of fused-ring (bicyclic) bond motifs is 1. The second-order valence-corrected chi connectivity index (χ2v) is 7.03. The first kappa shape index (κ1) is 18.9. The summed E-state index contributed by atoms with van der Waals surface area (Å²) in [6.45, 7) is 0. The lowest BCUT2D eigenvalue weighted by Gasteiger charge is -2.13. The van der Waals surface area contributed by atoms with Gasteiger partial charge in [-0.3, -0.25) is 4.79 Å². The van der Waals surface area contributed by atoms with Gasteiger partial charge in [0.15, 0.2) is 11.5 Å². The first-order chi connectivity index (χ1) is 14.1. The van der Waals surface area contributed by atoms with E-state index in [1.165, 1.54) is 7.11 Å². The van der Waals surface area contributed by atoms with Crippen LogP contribution in [0.2, 0.25) is 0 Å². The number of ether oxygens (including phenoxy) is 2. The monoisotopic (exact) mass is 450 g/mol. The lowest BCUT2D eigenvalue weighted by molar-refractivity contribution is 0.0728. The molecule has 29 heavy (non-hydrogen) atoms. The van der Waals surface area contributed by atoms with Crippen LogP contribution in [-0.4, -0.2) is 23.0 Å². The summed E-state index contributed by atoms with van der Waals surface area (Å²) < 4.78 is 11.4. The minimum Gasteiger partial charge on any atom is -0.493 e. The largest absolute Gasteiger partial charge is 0.493 e. The standard InChI is InChI=1S/C22H15BrN2O4/c1-28-18-12-14(20-24-17-10-6-5-9-15(17)21(26)25-20)11-16(23)19(18)29-22(27)13-7-3-2-4-8-13/h2-12H,1H3,(H,24,25,26). The fraction of sp³-hybridized carbons (Fsp3) is 0.0455. The number of H-pyrrole nitrogens is 1. The fourth-order valence-corrected chi connectivity index (χ4v) is 3.43. The van der Waals surface area contributed by atoms with E-state index in [2.05, 4.69) is 25.9 Å². The summed E-state index contributed by atoms with van der Waals surface area (Å²) in [5.74, 6) is 0.450. The smallest absolute Gasteiger partial charge is 0.343 e. The van der Waals surface area contributed by atoms with E-state index < -0.39 is 5.97 Å². The van der Waals surface area contributed by atoms with Crippen LogP contribution in [0.1, 0.15) is 10.4 Å². The van der Waals surface area contributed by atoms with Crippen LogP contribution in [0, 0.1) is 0 Å². The van der Waals surface area contributed by atoms with E-state index >= 15 is 0 Å². The van der Waals surface area contributed by atoms with E-state index in [0.717, 1.165) is 0 Å². The summed E-state index contributed by atoms with van der Waals surface area (Å²) in [5, 5.41) is 0.510. The first-order valence-electron chi connectivity index (χ1n) is 8.71. The number of esters is 1. The van der Waals surface area contributed by atoms with Gasteiger partial charge < -0.3 is 14.5 Å². The van der Waals surface area contributed by atoms with Crippen molar-refractivity contribution in [3.63, 3.8) is 0 Å². The number of aromatic amines is 1. The molecular weight excluding hydrogens is 436 g/mol. The number of halogens is 1. The molecule has 0 amide bonds. The normalized spacial score (nSPS) is 10.7.